The molecule has 1 aliphatic carbocycles. The van der Waals surface area contributed by atoms with Gasteiger partial charge in [-0.1, -0.05) is 11.6 Å². The van der Waals surface area contributed by atoms with Crippen molar-refractivity contribution in [1.82, 2.24) is 9.38 Å². The van der Waals surface area contributed by atoms with Crippen molar-refractivity contribution in [1.29, 1.82) is 0 Å². The summed E-state index contributed by atoms with van der Waals surface area (Å²) < 4.78 is 39.0. The van der Waals surface area contributed by atoms with Crippen LogP contribution in [-0.4, -0.2) is 9.38 Å². The third kappa shape index (κ3) is 1.67. The van der Waals surface area contributed by atoms with Crippen molar-refractivity contribution in [2.45, 2.75) is 24.6 Å². The van der Waals surface area contributed by atoms with Crippen molar-refractivity contribution in [2.75, 3.05) is 0 Å². The number of hydrogen-bond acceptors (Lipinski definition) is 2. The average Bonchev–Trinajstić information content (AvgIpc) is 2.93. The summed E-state index contributed by atoms with van der Waals surface area (Å²) in [5.41, 5.74) is 5.49. The fourth-order valence-corrected chi connectivity index (χ4v) is 2.24. The van der Waals surface area contributed by atoms with E-state index >= 15 is 0 Å². The molecule has 0 saturated heterocycles. The molecule has 0 aromatic carbocycles. The van der Waals surface area contributed by atoms with E-state index in [0.29, 0.717) is 11.3 Å². The molecule has 3 nitrogen and oxygen atoms in total. The van der Waals surface area contributed by atoms with Crippen molar-refractivity contribution in [3.63, 3.8) is 0 Å². The Bertz CT molecular complexity index is 628. The number of halogens is 4. The molecule has 2 aromatic heterocycles. The molecule has 2 heterocycles. The molecule has 0 unspecified atom stereocenters. The van der Waals surface area contributed by atoms with Gasteiger partial charge in [-0.15, -0.1) is 0 Å². The van der Waals surface area contributed by atoms with Gasteiger partial charge in [0.25, 0.3) is 0 Å². The van der Waals surface area contributed by atoms with Crippen molar-refractivity contribution < 1.29 is 13.2 Å². The minimum atomic E-state index is -4.40. The molecule has 0 atom stereocenters. The predicted octanol–water partition coefficient (Wildman–Crippen LogP) is 2.95. The van der Waals surface area contributed by atoms with E-state index in [0.717, 1.165) is 25.1 Å². The van der Waals surface area contributed by atoms with Crippen LogP contribution in [0, 0.1) is 0 Å². The largest absolute Gasteiger partial charge is 0.417 e. The van der Waals surface area contributed by atoms with Gasteiger partial charge in [-0.25, -0.2) is 4.98 Å². The molecule has 1 saturated carbocycles. The van der Waals surface area contributed by atoms with E-state index in [-0.39, 0.29) is 5.15 Å². The highest BCUT2D eigenvalue weighted by atomic mass is 35.5. The van der Waals surface area contributed by atoms with E-state index < -0.39 is 17.3 Å². The number of nitrogens with two attached hydrogens (primary N) is 1. The first-order chi connectivity index (χ1) is 8.31. The molecule has 18 heavy (non-hydrogen) atoms. The Morgan fingerprint density at radius 1 is 1.33 bits per heavy atom. The summed E-state index contributed by atoms with van der Waals surface area (Å²) in [6, 6.07) is 2.28. The lowest BCUT2D eigenvalue weighted by atomic mass is 10.2. The molecular formula is C11H9ClF3N3. The quantitative estimate of drug-likeness (QED) is 0.869. The molecular weight excluding hydrogens is 267 g/mol. The molecule has 3 rings (SSSR count). The zero-order valence-electron chi connectivity index (χ0n) is 9.13. The minimum absolute atomic E-state index is 0.163. The summed E-state index contributed by atoms with van der Waals surface area (Å²) in [7, 11) is 0. The number of alkyl halides is 3. The van der Waals surface area contributed by atoms with Gasteiger partial charge >= 0.3 is 6.18 Å². The van der Waals surface area contributed by atoms with E-state index in [2.05, 4.69) is 4.98 Å². The zero-order chi connectivity index (χ0) is 13.1. The number of fused-ring (bicyclic) bond motifs is 1. The first-order valence-electron chi connectivity index (χ1n) is 5.35. The first kappa shape index (κ1) is 11.8. The lowest BCUT2D eigenvalue weighted by Crippen LogP contribution is -2.19. The number of rotatable bonds is 1. The fourth-order valence-electron chi connectivity index (χ4n) is 1.87. The van der Waals surface area contributed by atoms with E-state index in [1.165, 1.54) is 10.5 Å². The van der Waals surface area contributed by atoms with Crippen LogP contribution in [0.5, 0.6) is 0 Å². The van der Waals surface area contributed by atoms with Crippen molar-refractivity contribution in [3.05, 3.63) is 34.7 Å². The number of imidazole rings is 1. The normalized spacial score (nSPS) is 18.3. The topological polar surface area (TPSA) is 43.3 Å². The van der Waals surface area contributed by atoms with Gasteiger partial charge in [-0.3, -0.25) is 4.40 Å². The van der Waals surface area contributed by atoms with Crippen LogP contribution < -0.4 is 5.73 Å². The number of hydrogen-bond donors (Lipinski definition) is 1. The smallest absolute Gasteiger partial charge is 0.320 e. The fraction of sp³-hybridized carbons (Fsp3) is 0.364. The van der Waals surface area contributed by atoms with Crippen LogP contribution >= 0.6 is 11.6 Å². The van der Waals surface area contributed by atoms with Gasteiger partial charge in [0.15, 0.2) is 0 Å². The maximum absolute atomic E-state index is 12.6. The first-order valence-corrected chi connectivity index (χ1v) is 5.73. The second-order valence-corrected chi connectivity index (χ2v) is 4.91. The standard InChI is InChI=1S/C11H9ClF3N3/c12-9-8(10(16)3-4-10)17-7-2-1-6(5-18(7)9)11(13,14)15/h1-2,5H,3-4,16H2. The minimum Gasteiger partial charge on any atom is -0.320 e. The van der Waals surface area contributed by atoms with E-state index in [1.807, 2.05) is 0 Å². The van der Waals surface area contributed by atoms with E-state index in [4.69, 9.17) is 17.3 Å². The molecule has 2 N–H and O–H groups in total. The molecule has 0 aliphatic heterocycles. The van der Waals surface area contributed by atoms with Crippen molar-refractivity contribution in [3.8, 4) is 0 Å². The van der Waals surface area contributed by atoms with E-state index in [9.17, 15) is 13.2 Å². The van der Waals surface area contributed by atoms with Crippen LogP contribution in [0.4, 0.5) is 13.2 Å². The van der Waals surface area contributed by atoms with Crippen LogP contribution in [0.25, 0.3) is 5.65 Å². The number of aromatic nitrogens is 2. The van der Waals surface area contributed by atoms with Crippen LogP contribution in [0.15, 0.2) is 18.3 Å². The SMILES string of the molecule is NC1(c2nc3ccc(C(F)(F)F)cn3c2Cl)CC1. The van der Waals surface area contributed by atoms with Crippen LogP contribution in [0.3, 0.4) is 0 Å². The molecule has 7 heteroatoms. The molecule has 96 valence electrons. The van der Waals surface area contributed by atoms with Crippen molar-refractivity contribution >= 4 is 17.2 Å². The van der Waals surface area contributed by atoms with Crippen molar-refractivity contribution in [2.24, 2.45) is 5.73 Å². The Balaban J connectivity index is 2.20. The second kappa shape index (κ2) is 3.39. The Kier molecular flexibility index (Phi) is 2.22. The Morgan fingerprint density at radius 3 is 2.56 bits per heavy atom. The summed E-state index contributed by atoms with van der Waals surface area (Å²) in [4.78, 5) is 4.21. The van der Waals surface area contributed by atoms with Crippen LogP contribution in [0.1, 0.15) is 24.1 Å². The number of nitrogens with zero attached hydrogens (tertiary/aromatic N) is 2. The van der Waals surface area contributed by atoms with Gasteiger partial charge in [0, 0.05) is 6.20 Å². The van der Waals surface area contributed by atoms with Gasteiger partial charge in [-0.2, -0.15) is 13.2 Å². The molecule has 0 spiro atoms. The highest BCUT2D eigenvalue weighted by Gasteiger charge is 2.44. The second-order valence-electron chi connectivity index (χ2n) is 4.55. The Hall–Kier alpha value is -1.27. The van der Waals surface area contributed by atoms with E-state index in [1.54, 1.807) is 0 Å². The molecule has 0 radical (unpaired) electrons. The maximum Gasteiger partial charge on any atom is 0.417 e. The molecule has 1 fully saturated rings. The van der Waals surface area contributed by atoms with Crippen LogP contribution in [-0.2, 0) is 11.7 Å². The highest BCUT2D eigenvalue weighted by molar-refractivity contribution is 6.30. The van der Waals surface area contributed by atoms with Gasteiger partial charge in [-0.05, 0) is 25.0 Å². The third-order valence-corrected chi connectivity index (χ3v) is 3.51. The maximum atomic E-state index is 12.6. The number of pyridine rings is 1. The summed E-state index contributed by atoms with van der Waals surface area (Å²) in [5.74, 6) is 0. The average molecular weight is 276 g/mol. The monoisotopic (exact) mass is 275 g/mol. The molecule has 2 aromatic rings. The summed E-state index contributed by atoms with van der Waals surface area (Å²) >= 11 is 6.06. The summed E-state index contributed by atoms with van der Waals surface area (Å²) in [6.07, 6.45) is -1.95. The van der Waals surface area contributed by atoms with Gasteiger partial charge in [0.05, 0.1) is 16.8 Å². The van der Waals surface area contributed by atoms with Gasteiger partial charge in [0.2, 0.25) is 0 Å². The van der Waals surface area contributed by atoms with Crippen LogP contribution in [0.2, 0.25) is 5.15 Å². The molecule has 1 aliphatic rings. The summed E-state index contributed by atoms with van der Waals surface area (Å²) in [5, 5.41) is 0.163. The molecule has 0 amide bonds. The summed E-state index contributed by atoms with van der Waals surface area (Å²) in [6.45, 7) is 0. The lowest BCUT2D eigenvalue weighted by molar-refractivity contribution is -0.137. The molecule has 0 bridgehead atoms. The third-order valence-electron chi connectivity index (χ3n) is 3.15. The zero-order valence-corrected chi connectivity index (χ0v) is 9.89. The van der Waals surface area contributed by atoms with Gasteiger partial charge in [0.1, 0.15) is 10.8 Å². The van der Waals surface area contributed by atoms with Gasteiger partial charge < -0.3 is 5.73 Å². The lowest BCUT2D eigenvalue weighted by Gasteiger charge is -2.07. The predicted molar refractivity (Wildman–Crippen MR) is 60.3 cm³/mol. The Labute approximate surface area is 105 Å². The Morgan fingerprint density at radius 2 is 2.00 bits per heavy atom. The highest BCUT2D eigenvalue weighted by Crippen LogP contribution is 2.45.